The smallest absolute Gasteiger partial charge is 0.335 e. The summed E-state index contributed by atoms with van der Waals surface area (Å²) in [4.78, 5) is 31.0. The van der Waals surface area contributed by atoms with Crippen LogP contribution in [0.25, 0.3) is 32.9 Å². The molecule has 1 atom stereocenters. The molecular weight excluding hydrogens is 747 g/mol. The van der Waals surface area contributed by atoms with Crippen molar-refractivity contribution in [1.82, 2.24) is 14.0 Å². The number of ether oxygens (including phenoxy) is 2. The number of carbonyl (C=O) groups excluding carboxylic acids is 1. The number of halogens is 2. The van der Waals surface area contributed by atoms with Gasteiger partial charge in [-0.25, -0.2) is 4.79 Å². The van der Waals surface area contributed by atoms with Crippen molar-refractivity contribution >= 4 is 62.6 Å². The molecule has 0 bridgehead atoms. The van der Waals surface area contributed by atoms with Crippen molar-refractivity contribution in [2.24, 2.45) is 7.05 Å². The molecule has 0 aliphatic carbocycles. The van der Waals surface area contributed by atoms with Crippen LogP contribution in [0.1, 0.15) is 68.1 Å². The van der Waals surface area contributed by atoms with E-state index in [-0.39, 0.29) is 17.5 Å². The number of carboxylic acids is 1. The number of hydrogen-bond acceptors (Lipinski definition) is 5. The molecule has 6 aromatic rings. The van der Waals surface area contributed by atoms with Gasteiger partial charge in [0, 0.05) is 59.3 Å². The van der Waals surface area contributed by atoms with Gasteiger partial charge in [-0.1, -0.05) is 29.3 Å². The number of amides is 1. The number of fused-ring (bicyclic) bond motifs is 4. The molecule has 0 saturated heterocycles. The molecule has 0 unspecified atom stereocenters. The fourth-order valence-electron chi connectivity index (χ4n) is 8.27. The molecule has 0 fully saturated rings. The van der Waals surface area contributed by atoms with Gasteiger partial charge >= 0.3 is 5.97 Å². The van der Waals surface area contributed by atoms with Crippen LogP contribution in [0.5, 0.6) is 11.5 Å². The summed E-state index contributed by atoms with van der Waals surface area (Å²) in [5.41, 5.74) is 10.0. The minimum Gasteiger partial charge on any atom is -0.494 e. The summed E-state index contributed by atoms with van der Waals surface area (Å²) in [6.07, 6.45) is 3.15. The van der Waals surface area contributed by atoms with E-state index in [9.17, 15) is 9.90 Å². The maximum absolute atomic E-state index is 15.1. The summed E-state index contributed by atoms with van der Waals surface area (Å²) in [6, 6.07) is 16.9. The highest BCUT2D eigenvalue weighted by Crippen LogP contribution is 2.46. The summed E-state index contributed by atoms with van der Waals surface area (Å²) >= 11 is 13.6. The lowest BCUT2D eigenvalue weighted by Crippen LogP contribution is -2.42. The Bertz CT molecular complexity index is 2490. The minimum absolute atomic E-state index is 0.146. The van der Waals surface area contributed by atoms with Gasteiger partial charge < -0.3 is 33.5 Å². The zero-order valence-corrected chi connectivity index (χ0v) is 34.7. The summed E-state index contributed by atoms with van der Waals surface area (Å²) in [5, 5.41) is 12.9. The second-order valence-corrected chi connectivity index (χ2v) is 16.1. The van der Waals surface area contributed by atoms with Crippen LogP contribution in [0.15, 0.2) is 60.8 Å². The normalized spacial score (nSPS) is 14.3. The molecule has 4 aromatic carbocycles. The standard InChI is InChI=1S/C45H48Cl2N4O5/c1-25-18-31(56-17-15-48(6)7)19-26(2)39(25)40-36(46)13-12-34-33(10-9-16-55-32-20-27(3)41(47)28(4)21-32)43-44(52)50(23-29(5)51(43)42(34)40)38-24-49(8)37-14-11-30(45(53)54)22-35(37)38/h11-14,18-22,24,29H,9-10,15-17,23H2,1-8H3,(H,53,54)/t29-/m1/s1. The minimum atomic E-state index is -1.02. The van der Waals surface area contributed by atoms with Crippen LogP contribution in [0.2, 0.25) is 10.0 Å². The Balaban J connectivity index is 1.36. The highest BCUT2D eigenvalue weighted by atomic mass is 35.5. The lowest BCUT2D eigenvalue weighted by molar-refractivity contribution is 0.0696. The first-order valence-corrected chi connectivity index (χ1v) is 19.7. The number of aromatic nitrogens is 2. The molecule has 9 nitrogen and oxygen atoms in total. The van der Waals surface area contributed by atoms with Crippen LogP contribution in [0.3, 0.4) is 0 Å². The van der Waals surface area contributed by atoms with Gasteiger partial charge in [-0.15, -0.1) is 0 Å². The van der Waals surface area contributed by atoms with E-state index in [1.165, 1.54) is 0 Å². The van der Waals surface area contributed by atoms with Crippen LogP contribution in [0.4, 0.5) is 5.69 Å². The third-order valence-electron chi connectivity index (χ3n) is 10.9. The average molecular weight is 796 g/mol. The monoisotopic (exact) mass is 794 g/mol. The summed E-state index contributed by atoms with van der Waals surface area (Å²) < 4.78 is 16.5. The first-order valence-electron chi connectivity index (χ1n) is 18.9. The Labute approximate surface area is 337 Å². The molecule has 0 spiro atoms. The van der Waals surface area contributed by atoms with Crippen LogP contribution < -0.4 is 14.4 Å². The maximum Gasteiger partial charge on any atom is 0.335 e. The van der Waals surface area contributed by atoms with Gasteiger partial charge in [0.1, 0.15) is 23.8 Å². The zero-order chi connectivity index (χ0) is 40.2. The van der Waals surface area contributed by atoms with Crippen molar-refractivity contribution in [3.05, 3.63) is 110 Å². The number of carboxylic acid groups (broad SMARTS) is 1. The van der Waals surface area contributed by atoms with Crippen molar-refractivity contribution in [3.8, 4) is 22.6 Å². The zero-order valence-electron chi connectivity index (χ0n) is 33.2. The molecule has 292 valence electrons. The van der Waals surface area contributed by atoms with Crippen molar-refractivity contribution in [2.45, 2.75) is 53.5 Å². The van der Waals surface area contributed by atoms with E-state index in [0.717, 1.165) is 78.4 Å². The predicted octanol–water partition coefficient (Wildman–Crippen LogP) is 10.2. The Kier molecular flexibility index (Phi) is 10.9. The van der Waals surface area contributed by atoms with E-state index in [4.69, 9.17) is 32.7 Å². The number of hydrogen-bond donors (Lipinski definition) is 1. The van der Waals surface area contributed by atoms with Crippen molar-refractivity contribution in [1.29, 1.82) is 0 Å². The number of anilines is 1. The van der Waals surface area contributed by atoms with Gasteiger partial charge in [0.05, 0.1) is 28.4 Å². The largest absolute Gasteiger partial charge is 0.494 e. The number of aromatic carboxylic acids is 1. The molecule has 1 amide bonds. The lowest BCUT2D eigenvalue weighted by Gasteiger charge is -2.34. The van der Waals surface area contributed by atoms with E-state index in [0.29, 0.717) is 54.4 Å². The topological polar surface area (TPSA) is 89.2 Å². The number of nitrogens with zero attached hydrogens (tertiary/aromatic N) is 4. The Hall–Kier alpha value is -4.96. The first kappa shape index (κ1) is 39.3. The van der Waals surface area contributed by atoms with Gasteiger partial charge in [-0.2, -0.15) is 0 Å². The van der Waals surface area contributed by atoms with E-state index in [2.05, 4.69) is 42.4 Å². The Morgan fingerprint density at radius 2 is 1.52 bits per heavy atom. The highest BCUT2D eigenvalue weighted by Gasteiger charge is 2.37. The van der Waals surface area contributed by atoms with Crippen molar-refractivity contribution in [2.75, 3.05) is 45.3 Å². The number of rotatable bonds is 12. The van der Waals surface area contributed by atoms with Crippen LogP contribution in [-0.2, 0) is 13.5 Å². The summed E-state index contributed by atoms with van der Waals surface area (Å²) in [7, 11) is 5.96. The fourth-order valence-corrected chi connectivity index (χ4v) is 8.62. The van der Waals surface area contributed by atoms with Crippen LogP contribution in [0, 0.1) is 27.7 Å². The van der Waals surface area contributed by atoms with Crippen molar-refractivity contribution < 1.29 is 24.2 Å². The molecule has 3 heterocycles. The number of likely N-dealkylation sites (N-methyl/N-ethyl adjacent to an activating group) is 1. The quantitative estimate of drug-likeness (QED) is 0.124. The predicted molar refractivity (Wildman–Crippen MR) is 227 cm³/mol. The first-order chi connectivity index (χ1) is 26.7. The van der Waals surface area contributed by atoms with Gasteiger partial charge in [-0.3, -0.25) is 4.79 Å². The van der Waals surface area contributed by atoms with E-state index >= 15 is 4.79 Å². The maximum atomic E-state index is 15.1. The van der Waals surface area contributed by atoms with Crippen molar-refractivity contribution in [3.63, 3.8) is 0 Å². The molecule has 0 radical (unpaired) electrons. The molecule has 56 heavy (non-hydrogen) atoms. The highest BCUT2D eigenvalue weighted by molar-refractivity contribution is 6.35. The molecular formula is C45H48Cl2N4O5. The molecule has 7 rings (SSSR count). The number of benzene rings is 4. The van der Waals surface area contributed by atoms with E-state index < -0.39 is 5.97 Å². The summed E-state index contributed by atoms with van der Waals surface area (Å²) in [6.45, 7) is 12.4. The molecule has 1 N–H and O–H groups in total. The average Bonchev–Trinajstić information content (AvgIpc) is 3.65. The molecule has 1 aliphatic heterocycles. The van der Waals surface area contributed by atoms with E-state index in [1.807, 2.05) is 74.9 Å². The number of aryl methyl sites for hydroxylation is 6. The van der Waals surface area contributed by atoms with Crippen LogP contribution >= 0.6 is 23.2 Å². The fraction of sp³-hybridized carbons (Fsp3) is 0.333. The van der Waals surface area contributed by atoms with Gasteiger partial charge in [-0.05, 0) is 143 Å². The van der Waals surface area contributed by atoms with Gasteiger partial charge in [0.15, 0.2) is 0 Å². The second kappa shape index (κ2) is 15.5. The third kappa shape index (κ3) is 7.12. The van der Waals surface area contributed by atoms with Crippen LogP contribution in [-0.4, -0.2) is 71.4 Å². The molecule has 1 aliphatic rings. The SMILES string of the molecule is Cc1cc(OCCCc2c3n(c4c(-c5c(C)cc(OCCN(C)C)cc5C)c(Cl)ccc24)[C@H](C)CN(c2cn(C)c4ccc(C(=O)O)cc24)C3=O)cc(C)c1Cl. The molecule has 2 aromatic heterocycles. The summed E-state index contributed by atoms with van der Waals surface area (Å²) in [5.74, 6) is 0.400. The second-order valence-electron chi connectivity index (χ2n) is 15.3. The molecule has 11 heteroatoms. The van der Waals surface area contributed by atoms with Gasteiger partial charge in [0.2, 0.25) is 0 Å². The lowest BCUT2D eigenvalue weighted by atomic mass is 9.93. The Morgan fingerprint density at radius 1 is 0.875 bits per heavy atom. The Morgan fingerprint density at radius 3 is 2.16 bits per heavy atom. The van der Waals surface area contributed by atoms with E-state index in [1.54, 1.807) is 18.2 Å². The van der Waals surface area contributed by atoms with Gasteiger partial charge in [0.25, 0.3) is 5.91 Å². The molecule has 0 saturated carbocycles. The third-order valence-corrected chi connectivity index (χ3v) is 11.8. The number of carbonyl (C=O) groups is 2.